The molecule has 3 aromatic carbocycles. The Hall–Kier alpha value is -3.48. The Kier molecular flexibility index (Phi) is 8.43. The number of rotatable bonds is 5. The number of carbonyl (C=O) groups is 1. The highest BCUT2D eigenvalue weighted by Crippen LogP contribution is 2.54. The van der Waals surface area contributed by atoms with Gasteiger partial charge in [-0.1, -0.05) is 80.4 Å². The predicted octanol–water partition coefficient (Wildman–Crippen LogP) is 9.00. The number of fused-ring (bicyclic) bond motifs is 1. The fourth-order valence-corrected chi connectivity index (χ4v) is 7.24. The summed E-state index contributed by atoms with van der Waals surface area (Å²) in [5.74, 6) is 1.29. The zero-order valence-corrected chi connectivity index (χ0v) is 29.4. The third kappa shape index (κ3) is 5.58. The molecule has 1 fully saturated rings. The number of carbonyl (C=O) groups excluding carboxylic acids is 1. The van der Waals surface area contributed by atoms with E-state index in [0.29, 0.717) is 34.7 Å². The van der Waals surface area contributed by atoms with Gasteiger partial charge in [-0.15, -0.1) is 0 Å². The van der Waals surface area contributed by atoms with E-state index in [2.05, 4.69) is 63.8 Å². The lowest BCUT2D eigenvalue weighted by Crippen LogP contribution is -2.60. The molecule has 0 aliphatic carbocycles. The van der Waals surface area contributed by atoms with Crippen LogP contribution in [0, 0.1) is 0 Å². The number of hydrogen-bond donors (Lipinski definition) is 0. The van der Waals surface area contributed by atoms with Gasteiger partial charge >= 0.3 is 6.03 Å². The second-order valence-electron chi connectivity index (χ2n) is 14.2. The smallest absolute Gasteiger partial charge is 0.326 e. The molecule has 0 unspecified atom stereocenters. The summed E-state index contributed by atoms with van der Waals surface area (Å²) in [4.78, 5) is 27.1. The third-order valence-corrected chi connectivity index (χ3v) is 10.3. The van der Waals surface area contributed by atoms with Crippen molar-refractivity contribution in [2.75, 3.05) is 26.2 Å². The Morgan fingerprint density at radius 3 is 2.13 bits per heavy atom. The summed E-state index contributed by atoms with van der Waals surface area (Å²) in [7, 11) is 0. The standard InChI is InChI=1S/C38H44Cl2N4O2/c1-25(2)46-33-23-28(36(3,4)5)14-19-32(33)34-41-37(6,26-10-15-29(39)16-11-26)38(7,27-12-17-30(40)18-13-27)44(34)35(45)43-22-21-42-20-8-9-31(42)24-43/h9-19,23,25H,8,20-22,24H2,1-7H3/t37-,38+/m0/s1. The Balaban J connectivity index is 1.60. The molecule has 8 heteroatoms. The molecule has 3 aliphatic rings. The van der Waals surface area contributed by atoms with Crippen LogP contribution in [0.15, 0.2) is 83.5 Å². The molecule has 242 valence electrons. The van der Waals surface area contributed by atoms with Gasteiger partial charge in [-0.05, 0) is 92.6 Å². The average molecular weight is 660 g/mol. The van der Waals surface area contributed by atoms with E-state index in [1.807, 2.05) is 72.2 Å². The minimum Gasteiger partial charge on any atom is -0.490 e. The second-order valence-corrected chi connectivity index (χ2v) is 15.1. The molecule has 0 bridgehead atoms. The lowest BCUT2D eigenvalue weighted by Gasteiger charge is -2.47. The van der Waals surface area contributed by atoms with E-state index in [4.69, 9.17) is 32.9 Å². The molecule has 2 atom stereocenters. The third-order valence-electron chi connectivity index (χ3n) is 9.84. The molecule has 0 N–H and O–H groups in total. The molecular weight excluding hydrogens is 615 g/mol. The molecule has 3 aliphatic heterocycles. The molecule has 3 heterocycles. The fourth-order valence-electron chi connectivity index (χ4n) is 6.99. The van der Waals surface area contributed by atoms with Crippen LogP contribution in [-0.2, 0) is 16.5 Å². The number of halogens is 2. The lowest BCUT2D eigenvalue weighted by molar-refractivity contribution is 0.0992. The van der Waals surface area contributed by atoms with Crippen molar-refractivity contribution < 1.29 is 9.53 Å². The summed E-state index contributed by atoms with van der Waals surface area (Å²) >= 11 is 12.8. The minimum atomic E-state index is -0.948. The molecular formula is C38H44Cl2N4O2. The first-order valence-corrected chi connectivity index (χ1v) is 16.9. The Morgan fingerprint density at radius 1 is 0.891 bits per heavy atom. The summed E-state index contributed by atoms with van der Waals surface area (Å²) in [5.41, 5.74) is 3.08. The molecule has 3 aromatic rings. The number of aliphatic imine (C=N–C) groups is 1. The number of amides is 2. The molecule has 0 saturated carbocycles. The Morgan fingerprint density at radius 2 is 1.52 bits per heavy atom. The number of hydrogen-bond acceptors (Lipinski definition) is 4. The quantitative estimate of drug-likeness (QED) is 0.275. The van der Waals surface area contributed by atoms with Crippen molar-refractivity contribution >= 4 is 35.1 Å². The number of amidine groups is 1. The summed E-state index contributed by atoms with van der Waals surface area (Å²) in [6.07, 6.45) is 3.20. The topological polar surface area (TPSA) is 48.4 Å². The van der Waals surface area contributed by atoms with Gasteiger partial charge in [0.15, 0.2) is 0 Å². The van der Waals surface area contributed by atoms with Crippen molar-refractivity contribution in [3.8, 4) is 5.75 Å². The zero-order valence-electron chi connectivity index (χ0n) is 27.9. The maximum absolute atomic E-state index is 15.2. The largest absolute Gasteiger partial charge is 0.490 e. The molecule has 0 aromatic heterocycles. The van der Waals surface area contributed by atoms with Crippen LogP contribution < -0.4 is 4.74 Å². The predicted molar refractivity (Wildman–Crippen MR) is 188 cm³/mol. The van der Waals surface area contributed by atoms with Crippen LogP contribution in [-0.4, -0.2) is 58.8 Å². The summed E-state index contributed by atoms with van der Waals surface area (Å²) in [6, 6.07) is 21.8. The zero-order chi connectivity index (χ0) is 33.0. The van der Waals surface area contributed by atoms with E-state index >= 15 is 4.79 Å². The lowest BCUT2D eigenvalue weighted by atomic mass is 9.71. The highest BCUT2D eigenvalue weighted by molar-refractivity contribution is 6.30. The van der Waals surface area contributed by atoms with E-state index in [0.717, 1.165) is 41.8 Å². The molecule has 46 heavy (non-hydrogen) atoms. The number of ether oxygens (including phenoxy) is 1. The van der Waals surface area contributed by atoms with E-state index < -0.39 is 11.1 Å². The average Bonchev–Trinajstić information content (AvgIpc) is 3.57. The van der Waals surface area contributed by atoms with E-state index in [9.17, 15) is 0 Å². The van der Waals surface area contributed by atoms with Crippen LogP contribution in [0.5, 0.6) is 5.75 Å². The van der Waals surface area contributed by atoms with Crippen molar-refractivity contribution in [2.24, 2.45) is 4.99 Å². The van der Waals surface area contributed by atoms with Crippen LogP contribution in [0.1, 0.15) is 77.1 Å². The van der Waals surface area contributed by atoms with Gasteiger partial charge in [0.25, 0.3) is 0 Å². The van der Waals surface area contributed by atoms with Gasteiger partial charge < -0.3 is 14.5 Å². The van der Waals surface area contributed by atoms with Gasteiger partial charge in [0.1, 0.15) is 22.7 Å². The van der Waals surface area contributed by atoms with Gasteiger partial charge in [0, 0.05) is 35.4 Å². The van der Waals surface area contributed by atoms with Crippen molar-refractivity contribution in [2.45, 2.75) is 77.5 Å². The highest BCUT2D eigenvalue weighted by Gasteiger charge is 2.60. The van der Waals surface area contributed by atoms with Crippen molar-refractivity contribution in [3.05, 3.63) is 111 Å². The van der Waals surface area contributed by atoms with E-state index in [1.165, 1.54) is 5.70 Å². The summed E-state index contributed by atoms with van der Waals surface area (Å²) in [5, 5.41) is 1.27. The van der Waals surface area contributed by atoms with Crippen LogP contribution in [0.4, 0.5) is 4.79 Å². The number of nitrogens with zero attached hydrogens (tertiary/aromatic N) is 4. The molecule has 6 nitrogen and oxygen atoms in total. The van der Waals surface area contributed by atoms with Gasteiger partial charge in [-0.3, -0.25) is 9.89 Å². The molecule has 6 rings (SSSR count). The second kappa shape index (κ2) is 12.0. The van der Waals surface area contributed by atoms with Gasteiger partial charge in [0.2, 0.25) is 0 Å². The van der Waals surface area contributed by atoms with Crippen LogP contribution in [0.2, 0.25) is 10.0 Å². The van der Waals surface area contributed by atoms with Crippen LogP contribution in [0.3, 0.4) is 0 Å². The van der Waals surface area contributed by atoms with Gasteiger partial charge in [-0.25, -0.2) is 4.79 Å². The van der Waals surface area contributed by atoms with Gasteiger partial charge in [-0.2, -0.15) is 0 Å². The Labute approximate surface area is 283 Å². The normalized spacial score (nSPS) is 23.0. The van der Waals surface area contributed by atoms with Gasteiger partial charge in [0.05, 0.1) is 18.2 Å². The number of urea groups is 1. The van der Waals surface area contributed by atoms with Crippen molar-refractivity contribution in [3.63, 3.8) is 0 Å². The van der Waals surface area contributed by atoms with Crippen molar-refractivity contribution in [1.82, 2.24) is 14.7 Å². The SMILES string of the molecule is CC(C)Oc1cc(C(C)(C)C)ccc1C1=N[C@@](C)(c2ccc(Cl)cc2)[C@@](C)(c2ccc(Cl)cc2)N1C(=O)N1CCN2CCC=C2C1. The molecule has 1 saturated heterocycles. The summed E-state index contributed by atoms with van der Waals surface area (Å²) in [6.45, 7) is 17.9. The summed E-state index contributed by atoms with van der Waals surface area (Å²) < 4.78 is 6.52. The van der Waals surface area contributed by atoms with E-state index in [1.54, 1.807) is 0 Å². The molecule has 0 spiro atoms. The number of piperazine rings is 1. The molecule has 0 radical (unpaired) electrons. The maximum atomic E-state index is 15.2. The van der Waals surface area contributed by atoms with Crippen LogP contribution in [0.25, 0.3) is 0 Å². The first-order chi connectivity index (χ1) is 21.7. The monoisotopic (exact) mass is 658 g/mol. The minimum absolute atomic E-state index is 0.0761. The fraction of sp³-hybridized carbons (Fsp3) is 0.421. The van der Waals surface area contributed by atoms with E-state index in [-0.39, 0.29) is 17.6 Å². The maximum Gasteiger partial charge on any atom is 0.326 e. The first-order valence-electron chi connectivity index (χ1n) is 16.2. The van der Waals surface area contributed by atoms with Crippen molar-refractivity contribution in [1.29, 1.82) is 0 Å². The molecule has 2 amide bonds. The Bertz CT molecular complexity index is 1690. The highest BCUT2D eigenvalue weighted by atomic mass is 35.5. The first kappa shape index (κ1) is 32.5. The van der Waals surface area contributed by atoms with Crippen LogP contribution >= 0.6 is 23.2 Å². The number of benzene rings is 3.